The summed E-state index contributed by atoms with van der Waals surface area (Å²) in [5.41, 5.74) is 1.28. The molecular formula is C22H12Cl3NO5S. The lowest BCUT2D eigenvalue weighted by atomic mass is 10.2. The average Bonchev–Trinajstić information content (AvgIpc) is 3.44. The maximum atomic E-state index is 12.9. The van der Waals surface area contributed by atoms with Gasteiger partial charge < -0.3 is 13.9 Å². The van der Waals surface area contributed by atoms with Crippen molar-refractivity contribution in [2.45, 2.75) is 6.54 Å². The highest BCUT2D eigenvalue weighted by atomic mass is 35.5. The summed E-state index contributed by atoms with van der Waals surface area (Å²) in [5, 5.41) is 0.944. The maximum Gasteiger partial charge on any atom is 0.293 e. The molecule has 10 heteroatoms. The molecule has 162 valence electrons. The van der Waals surface area contributed by atoms with E-state index in [1.165, 1.54) is 6.08 Å². The molecule has 3 heterocycles. The van der Waals surface area contributed by atoms with Gasteiger partial charge in [-0.1, -0.05) is 34.8 Å². The lowest BCUT2D eigenvalue weighted by Crippen LogP contribution is -2.27. The number of imide groups is 1. The number of fused-ring (bicyclic) bond motifs is 1. The first kappa shape index (κ1) is 21.3. The van der Waals surface area contributed by atoms with Gasteiger partial charge in [-0.25, -0.2) is 0 Å². The summed E-state index contributed by atoms with van der Waals surface area (Å²) >= 11 is 19.2. The Balaban J connectivity index is 1.37. The maximum absolute atomic E-state index is 12.9. The molecule has 0 aliphatic carbocycles. The van der Waals surface area contributed by atoms with E-state index in [-0.39, 0.29) is 18.2 Å². The van der Waals surface area contributed by atoms with Crippen LogP contribution < -0.4 is 9.47 Å². The summed E-state index contributed by atoms with van der Waals surface area (Å²) in [4.78, 5) is 26.8. The van der Waals surface area contributed by atoms with Crippen LogP contribution in [0.4, 0.5) is 4.79 Å². The number of furan rings is 1. The van der Waals surface area contributed by atoms with E-state index in [1.54, 1.807) is 42.5 Å². The number of nitrogens with zero attached hydrogens (tertiary/aromatic N) is 1. The van der Waals surface area contributed by atoms with Crippen LogP contribution in [-0.2, 0) is 11.3 Å². The molecule has 5 rings (SSSR count). The Bertz CT molecular complexity index is 1280. The molecule has 0 saturated carbocycles. The molecule has 0 unspecified atom stereocenters. The zero-order valence-corrected chi connectivity index (χ0v) is 19.1. The molecule has 0 spiro atoms. The largest absolute Gasteiger partial charge is 0.457 e. The average molecular weight is 509 g/mol. The highest BCUT2D eigenvalue weighted by Gasteiger charge is 2.36. The second-order valence-electron chi connectivity index (χ2n) is 6.92. The number of carbonyl (C=O) groups is 2. The molecule has 1 saturated heterocycles. The normalized spacial score (nSPS) is 16.5. The Kier molecular flexibility index (Phi) is 5.59. The van der Waals surface area contributed by atoms with Gasteiger partial charge in [0, 0.05) is 32.8 Å². The van der Waals surface area contributed by atoms with Gasteiger partial charge >= 0.3 is 0 Å². The van der Waals surface area contributed by atoms with Gasteiger partial charge in [0.25, 0.3) is 11.1 Å². The Hall–Kier alpha value is -2.58. The minimum Gasteiger partial charge on any atom is -0.457 e. The third-order valence-electron chi connectivity index (χ3n) is 4.79. The zero-order valence-electron chi connectivity index (χ0n) is 16.1. The molecule has 1 aromatic heterocycles. The van der Waals surface area contributed by atoms with Crippen molar-refractivity contribution in [1.82, 2.24) is 4.90 Å². The van der Waals surface area contributed by atoms with Crippen LogP contribution in [0.25, 0.3) is 17.4 Å². The number of ether oxygens (including phenoxy) is 2. The molecule has 2 aliphatic rings. The van der Waals surface area contributed by atoms with E-state index in [9.17, 15) is 9.59 Å². The van der Waals surface area contributed by atoms with Crippen LogP contribution in [0.2, 0.25) is 15.1 Å². The second-order valence-corrected chi connectivity index (χ2v) is 9.20. The molecule has 2 amide bonds. The summed E-state index contributed by atoms with van der Waals surface area (Å²) in [6, 6.07) is 11.8. The lowest BCUT2D eigenvalue weighted by Gasteiger charge is -2.14. The van der Waals surface area contributed by atoms with Gasteiger partial charge in [-0.15, -0.1) is 0 Å². The lowest BCUT2D eigenvalue weighted by molar-refractivity contribution is -0.123. The van der Waals surface area contributed by atoms with Crippen LogP contribution in [0.1, 0.15) is 11.3 Å². The van der Waals surface area contributed by atoms with Crippen LogP contribution in [0, 0.1) is 0 Å². The molecule has 0 atom stereocenters. The van der Waals surface area contributed by atoms with Gasteiger partial charge in [0.05, 0.1) is 11.4 Å². The van der Waals surface area contributed by atoms with E-state index in [0.29, 0.717) is 49.2 Å². The number of hydrogen-bond donors (Lipinski definition) is 0. The monoisotopic (exact) mass is 507 g/mol. The Morgan fingerprint density at radius 3 is 2.44 bits per heavy atom. The molecule has 1 fully saturated rings. The van der Waals surface area contributed by atoms with Gasteiger partial charge in [0.2, 0.25) is 6.79 Å². The molecule has 6 nitrogen and oxygen atoms in total. The van der Waals surface area contributed by atoms with E-state index in [0.717, 1.165) is 16.7 Å². The van der Waals surface area contributed by atoms with Crippen molar-refractivity contribution in [2.75, 3.05) is 6.79 Å². The van der Waals surface area contributed by atoms with E-state index < -0.39 is 11.1 Å². The van der Waals surface area contributed by atoms with E-state index in [1.807, 2.05) is 0 Å². The fraction of sp³-hybridized carbons (Fsp3) is 0.0909. The van der Waals surface area contributed by atoms with Crippen LogP contribution in [0.5, 0.6) is 11.5 Å². The number of benzene rings is 2. The number of halogens is 3. The molecule has 3 aromatic rings. The molecule has 0 radical (unpaired) electrons. The van der Waals surface area contributed by atoms with Crippen LogP contribution in [0.15, 0.2) is 51.8 Å². The van der Waals surface area contributed by atoms with E-state index in [4.69, 9.17) is 48.7 Å². The summed E-state index contributed by atoms with van der Waals surface area (Å²) in [6.07, 6.45) is 1.53. The first-order valence-electron chi connectivity index (χ1n) is 9.27. The van der Waals surface area contributed by atoms with Crippen molar-refractivity contribution < 1.29 is 23.5 Å². The summed E-state index contributed by atoms with van der Waals surface area (Å²) in [6.45, 7) is 0.119. The highest BCUT2D eigenvalue weighted by Crippen LogP contribution is 2.39. The van der Waals surface area contributed by atoms with Crippen LogP contribution in [0.3, 0.4) is 0 Å². The smallest absolute Gasteiger partial charge is 0.293 e. The predicted molar refractivity (Wildman–Crippen MR) is 123 cm³/mol. The third kappa shape index (κ3) is 4.09. The number of carbonyl (C=O) groups excluding carboxylic acids is 2. The van der Waals surface area contributed by atoms with Crippen molar-refractivity contribution in [3.05, 3.63) is 73.8 Å². The van der Waals surface area contributed by atoms with Gasteiger partial charge in [0.1, 0.15) is 11.5 Å². The minimum absolute atomic E-state index is 0.0158. The molecular weight excluding hydrogens is 497 g/mol. The van der Waals surface area contributed by atoms with Crippen LogP contribution >= 0.6 is 46.6 Å². The Morgan fingerprint density at radius 1 is 0.969 bits per heavy atom. The van der Waals surface area contributed by atoms with Crippen molar-refractivity contribution in [2.24, 2.45) is 0 Å². The number of amides is 2. The number of hydrogen-bond acceptors (Lipinski definition) is 6. The summed E-state index contributed by atoms with van der Waals surface area (Å²) < 4.78 is 16.4. The fourth-order valence-corrected chi connectivity index (χ4v) is 4.86. The Morgan fingerprint density at radius 2 is 1.69 bits per heavy atom. The van der Waals surface area contributed by atoms with Gasteiger partial charge in [-0.3, -0.25) is 14.5 Å². The second kappa shape index (κ2) is 8.41. The highest BCUT2D eigenvalue weighted by molar-refractivity contribution is 8.18. The van der Waals surface area contributed by atoms with Crippen molar-refractivity contribution in [3.63, 3.8) is 0 Å². The molecule has 0 N–H and O–H groups in total. The summed E-state index contributed by atoms with van der Waals surface area (Å²) in [7, 11) is 0. The van der Waals surface area contributed by atoms with Crippen molar-refractivity contribution in [3.8, 4) is 22.8 Å². The third-order valence-corrected chi connectivity index (χ3v) is 6.49. The van der Waals surface area contributed by atoms with Gasteiger partial charge in [-0.2, -0.15) is 0 Å². The van der Waals surface area contributed by atoms with Crippen molar-refractivity contribution >= 4 is 63.8 Å². The SMILES string of the molecule is O=C1SC(=Cc2ccc(-c3cc(Cl)cc(Cl)c3)o2)C(=O)N1Cc1cc2c(cc1Cl)OCO2. The van der Waals surface area contributed by atoms with Crippen LogP contribution in [-0.4, -0.2) is 22.8 Å². The summed E-state index contributed by atoms with van der Waals surface area (Å²) in [5.74, 6) is 1.57. The molecule has 32 heavy (non-hydrogen) atoms. The first-order valence-corrected chi connectivity index (χ1v) is 11.2. The van der Waals surface area contributed by atoms with Gasteiger partial charge in [0.15, 0.2) is 11.5 Å². The topological polar surface area (TPSA) is 69.0 Å². The predicted octanol–water partition coefficient (Wildman–Crippen LogP) is 6.87. The standard InChI is InChI=1S/C22H12Cl3NO5S/c23-13-3-11(4-14(24)6-13)17-2-1-15(31-17)7-20-21(27)26(22(28)32-20)9-12-5-18-19(8-16(12)25)30-10-29-18/h1-8H,9-10H2. The Labute approximate surface area is 201 Å². The van der Waals surface area contributed by atoms with Gasteiger partial charge in [-0.05, 0) is 53.7 Å². The molecule has 0 bridgehead atoms. The number of rotatable bonds is 4. The minimum atomic E-state index is -0.433. The van der Waals surface area contributed by atoms with E-state index in [2.05, 4.69) is 0 Å². The zero-order chi connectivity index (χ0) is 22.4. The first-order chi connectivity index (χ1) is 15.4. The van der Waals surface area contributed by atoms with E-state index >= 15 is 0 Å². The fourth-order valence-electron chi connectivity index (χ4n) is 3.30. The quantitative estimate of drug-likeness (QED) is 0.358. The molecule has 2 aliphatic heterocycles. The molecule has 2 aromatic carbocycles. The number of thioether (sulfide) groups is 1. The van der Waals surface area contributed by atoms with Crippen molar-refractivity contribution in [1.29, 1.82) is 0 Å².